The highest BCUT2D eigenvalue weighted by atomic mass is 14.7. The third kappa shape index (κ3) is 2.42. The van der Waals surface area contributed by atoms with Crippen LogP contribution in [0.25, 0.3) is 0 Å². The molecular formula is C18H20N2. The van der Waals surface area contributed by atoms with Crippen LogP contribution in [0.4, 0.5) is 0 Å². The maximum absolute atomic E-state index is 3.34. The van der Waals surface area contributed by atoms with Gasteiger partial charge in [0.05, 0.1) is 5.92 Å². The molecule has 0 saturated heterocycles. The maximum atomic E-state index is 3.34. The third-order valence-electron chi connectivity index (χ3n) is 3.80. The van der Waals surface area contributed by atoms with Gasteiger partial charge in [-0.1, -0.05) is 38.1 Å². The molecule has 3 rings (SSSR count). The summed E-state index contributed by atoms with van der Waals surface area (Å²) >= 11 is 0. The molecule has 0 amide bonds. The lowest BCUT2D eigenvalue weighted by atomic mass is 9.90. The van der Waals surface area contributed by atoms with Gasteiger partial charge in [-0.25, -0.2) is 0 Å². The van der Waals surface area contributed by atoms with Crippen molar-refractivity contribution in [1.82, 2.24) is 9.97 Å². The van der Waals surface area contributed by atoms with E-state index in [0.29, 0.717) is 5.92 Å². The lowest BCUT2D eigenvalue weighted by molar-refractivity contribution is 0.857. The Balaban J connectivity index is 2.02. The van der Waals surface area contributed by atoms with Gasteiger partial charge in [0, 0.05) is 23.8 Å². The van der Waals surface area contributed by atoms with Crippen molar-refractivity contribution in [2.24, 2.45) is 0 Å². The van der Waals surface area contributed by atoms with Crippen molar-refractivity contribution >= 4 is 0 Å². The van der Waals surface area contributed by atoms with Crippen molar-refractivity contribution in [3.8, 4) is 0 Å². The van der Waals surface area contributed by atoms with Crippen LogP contribution in [0.15, 0.2) is 60.9 Å². The monoisotopic (exact) mass is 264 g/mol. The molecule has 0 unspecified atom stereocenters. The minimum atomic E-state index is 0.237. The molecule has 0 saturated carbocycles. The number of H-pyrrole nitrogens is 2. The predicted octanol–water partition coefficient (Wildman–Crippen LogP) is 4.65. The number of hydrogen-bond donors (Lipinski definition) is 2. The van der Waals surface area contributed by atoms with Crippen LogP contribution >= 0.6 is 0 Å². The SMILES string of the molecule is CC(C)c1ccc(C(c2ccc[nH]2)c2ccc[nH]2)cc1. The minimum absolute atomic E-state index is 0.237. The molecule has 0 atom stereocenters. The normalized spacial score (nSPS) is 11.4. The van der Waals surface area contributed by atoms with Gasteiger partial charge in [-0.2, -0.15) is 0 Å². The summed E-state index contributed by atoms with van der Waals surface area (Å²) in [6.07, 6.45) is 3.96. The first-order valence-electron chi connectivity index (χ1n) is 7.12. The fraction of sp³-hybridized carbons (Fsp3) is 0.222. The van der Waals surface area contributed by atoms with Crippen LogP contribution in [-0.2, 0) is 0 Å². The largest absolute Gasteiger partial charge is 0.364 e. The molecule has 0 aliphatic carbocycles. The second-order valence-electron chi connectivity index (χ2n) is 5.51. The Morgan fingerprint density at radius 3 is 1.60 bits per heavy atom. The summed E-state index contributed by atoms with van der Waals surface area (Å²) in [6.45, 7) is 4.45. The molecule has 0 aliphatic rings. The second kappa shape index (κ2) is 5.41. The number of nitrogens with one attached hydrogen (secondary N) is 2. The van der Waals surface area contributed by atoms with E-state index < -0.39 is 0 Å². The zero-order valence-corrected chi connectivity index (χ0v) is 11.9. The first kappa shape index (κ1) is 12.8. The molecule has 0 spiro atoms. The fourth-order valence-electron chi connectivity index (χ4n) is 2.65. The van der Waals surface area contributed by atoms with Gasteiger partial charge < -0.3 is 9.97 Å². The smallest absolute Gasteiger partial charge is 0.0641 e. The van der Waals surface area contributed by atoms with Crippen molar-refractivity contribution in [2.45, 2.75) is 25.7 Å². The van der Waals surface area contributed by atoms with Crippen LogP contribution in [0, 0.1) is 0 Å². The highest BCUT2D eigenvalue weighted by Gasteiger charge is 2.18. The van der Waals surface area contributed by atoms with E-state index in [4.69, 9.17) is 0 Å². The summed E-state index contributed by atoms with van der Waals surface area (Å²) < 4.78 is 0. The van der Waals surface area contributed by atoms with Crippen molar-refractivity contribution in [2.75, 3.05) is 0 Å². The van der Waals surface area contributed by atoms with E-state index in [1.165, 1.54) is 22.5 Å². The Labute approximate surface area is 119 Å². The zero-order chi connectivity index (χ0) is 13.9. The van der Waals surface area contributed by atoms with Crippen LogP contribution in [-0.4, -0.2) is 9.97 Å². The van der Waals surface area contributed by atoms with Crippen molar-refractivity contribution in [3.63, 3.8) is 0 Å². The Hall–Kier alpha value is -2.22. The quantitative estimate of drug-likeness (QED) is 0.687. The maximum Gasteiger partial charge on any atom is 0.0641 e. The fourth-order valence-corrected chi connectivity index (χ4v) is 2.65. The number of benzene rings is 1. The van der Waals surface area contributed by atoms with Crippen LogP contribution < -0.4 is 0 Å². The number of hydrogen-bond acceptors (Lipinski definition) is 0. The summed E-state index contributed by atoms with van der Waals surface area (Å²) in [5.74, 6) is 0.805. The summed E-state index contributed by atoms with van der Waals surface area (Å²) in [7, 11) is 0. The predicted molar refractivity (Wildman–Crippen MR) is 83.1 cm³/mol. The lowest BCUT2D eigenvalue weighted by Gasteiger charge is -2.16. The van der Waals surface area contributed by atoms with Crippen molar-refractivity contribution < 1.29 is 0 Å². The molecular weight excluding hydrogens is 244 g/mol. The molecule has 0 bridgehead atoms. The molecule has 2 heteroatoms. The topological polar surface area (TPSA) is 31.6 Å². The van der Waals surface area contributed by atoms with Crippen molar-refractivity contribution in [1.29, 1.82) is 0 Å². The van der Waals surface area contributed by atoms with Crippen LogP contribution in [0.5, 0.6) is 0 Å². The Bertz CT molecular complexity index is 597. The molecule has 20 heavy (non-hydrogen) atoms. The highest BCUT2D eigenvalue weighted by Crippen LogP contribution is 2.30. The van der Waals surface area contributed by atoms with Crippen LogP contribution in [0.1, 0.15) is 48.2 Å². The number of aromatic amines is 2. The van der Waals surface area contributed by atoms with E-state index in [1.54, 1.807) is 0 Å². The first-order valence-corrected chi connectivity index (χ1v) is 7.12. The Morgan fingerprint density at radius 1 is 0.700 bits per heavy atom. The number of rotatable bonds is 4. The van der Waals surface area contributed by atoms with Gasteiger partial charge in [-0.15, -0.1) is 0 Å². The number of aromatic nitrogens is 2. The van der Waals surface area contributed by atoms with E-state index in [2.05, 4.69) is 60.2 Å². The van der Waals surface area contributed by atoms with E-state index in [0.717, 1.165) is 0 Å². The van der Waals surface area contributed by atoms with Gasteiger partial charge in [-0.3, -0.25) is 0 Å². The summed E-state index contributed by atoms with van der Waals surface area (Å²) in [4.78, 5) is 6.68. The van der Waals surface area contributed by atoms with Gasteiger partial charge >= 0.3 is 0 Å². The van der Waals surface area contributed by atoms with Gasteiger partial charge in [0.1, 0.15) is 0 Å². The Kier molecular flexibility index (Phi) is 3.46. The average Bonchev–Trinajstić information content (AvgIpc) is 3.13. The second-order valence-corrected chi connectivity index (χ2v) is 5.51. The summed E-state index contributed by atoms with van der Waals surface area (Å²) in [5, 5.41) is 0. The summed E-state index contributed by atoms with van der Waals surface area (Å²) in [6, 6.07) is 17.3. The zero-order valence-electron chi connectivity index (χ0n) is 11.9. The van der Waals surface area contributed by atoms with Gasteiger partial charge in [-0.05, 0) is 41.3 Å². The molecule has 0 fully saturated rings. The van der Waals surface area contributed by atoms with E-state index in [-0.39, 0.29) is 5.92 Å². The molecule has 0 aliphatic heterocycles. The molecule has 102 valence electrons. The molecule has 2 heterocycles. The van der Waals surface area contributed by atoms with Crippen LogP contribution in [0.2, 0.25) is 0 Å². The molecule has 0 radical (unpaired) electrons. The molecule has 3 aromatic rings. The summed E-state index contributed by atoms with van der Waals surface area (Å²) in [5.41, 5.74) is 5.11. The lowest BCUT2D eigenvalue weighted by Crippen LogP contribution is -2.04. The molecule has 2 aromatic heterocycles. The highest BCUT2D eigenvalue weighted by molar-refractivity contribution is 5.39. The molecule has 2 N–H and O–H groups in total. The van der Waals surface area contributed by atoms with Gasteiger partial charge in [0.25, 0.3) is 0 Å². The van der Waals surface area contributed by atoms with E-state index >= 15 is 0 Å². The first-order chi connectivity index (χ1) is 9.75. The molecule has 2 nitrogen and oxygen atoms in total. The Morgan fingerprint density at radius 2 is 1.20 bits per heavy atom. The third-order valence-corrected chi connectivity index (χ3v) is 3.80. The van der Waals surface area contributed by atoms with Crippen LogP contribution in [0.3, 0.4) is 0 Å². The average molecular weight is 264 g/mol. The van der Waals surface area contributed by atoms with Crippen molar-refractivity contribution in [3.05, 3.63) is 83.4 Å². The van der Waals surface area contributed by atoms with Gasteiger partial charge in [0.15, 0.2) is 0 Å². The van der Waals surface area contributed by atoms with E-state index in [9.17, 15) is 0 Å². The molecule has 1 aromatic carbocycles. The minimum Gasteiger partial charge on any atom is -0.364 e. The van der Waals surface area contributed by atoms with E-state index in [1.807, 2.05) is 24.5 Å². The standard InChI is InChI=1S/C18H20N2/c1-13(2)14-7-9-15(10-8-14)18(16-5-3-11-19-16)17-6-4-12-20-17/h3-13,18-20H,1-2H3. The van der Waals surface area contributed by atoms with Gasteiger partial charge in [0.2, 0.25) is 0 Å².